The van der Waals surface area contributed by atoms with Gasteiger partial charge in [-0.15, -0.1) is 0 Å². The van der Waals surface area contributed by atoms with Gasteiger partial charge >= 0.3 is 5.69 Å². The van der Waals surface area contributed by atoms with E-state index in [0.717, 1.165) is 12.0 Å². The minimum atomic E-state index is -0.646. The largest absolute Gasteiger partial charge is 0.506 e. The number of fused-ring (bicyclic) bond motifs is 1. The lowest BCUT2D eigenvalue weighted by Gasteiger charge is -2.40. The number of phenolic OH excluding ortho intramolecular Hbond substituents is 1. The monoisotopic (exact) mass is 561 g/mol. The van der Waals surface area contributed by atoms with Gasteiger partial charge in [0.1, 0.15) is 17.4 Å². The summed E-state index contributed by atoms with van der Waals surface area (Å²) in [5, 5.41) is 11.6. The van der Waals surface area contributed by atoms with Crippen LogP contribution < -0.4 is 10.6 Å². The van der Waals surface area contributed by atoms with Crippen molar-refractivity contribution in [2.45, 2.75) is 32.7 Å². The number of pyridine rings is 1. The molecule has 2 aromatic carbocycles. The van der Waals surface area contributed by atoms with Crippen LogP contribution in [0.4, 0.5) is 10.2 Å². The summed E-state index contributed by atoms with van der Waals surface area (Å²) in [5.41, 5.74) is 0.916. The Labute approximate surface area is 236 Å². The molecule has 1 fully saturated rings. The number of carbonyl (C=O) groups excluding carboxylic acids is 1. The van der Waals surface area contributed by atoms with Gasteiger partial charge in [-0.05, 0) is 49.2 Å². The zero-order valence-electron chi connectivity index (χ0n) is 22.3. The molecule has 1 saturated heterocycles. The second-order valence-corrected chi connectivity index (χ2v) is 10.2. The lowest BCUT2D eigenvalue weighted by molar-refractivity contribution is -0.126. The summed E-state index contributed by atoms with van der Waals surface area (Å²) < 4.78 is 16.2. The fraction of sp³-hybridized carbons (Fsp3) is 0.267. The molecular weight excluding hydrogens is 533 g/mol. The van der Waals surface area contributed by atoms with Gasteiger partial charge < -0.3 is 14.9 Å². The van der Waals surface area contributed by atoms with Crippen LogP contribution in [0.5, 0.6) is 5.75 Å². The van der Waals surface area contributed by atoms with E-state index in [2.05, 4.69) is 11.6 Å². The van der Waals surface area contributed by atoms with Crippen molar-refractivity contribution in [1.82, 2.24) is 19.4 Å². The van der Waals surface area contributed by atoms with Crippen LogP contribution in [0, 0.1) is 5.82 Å². The van der Waals surface area contributed by atoms with E-state index in [1.807, 2.05) is 24.8 Å². The second kappa shape index (κ2) is 11.1. The number of hydrogen-bond acceptors (Lipinski definition) is 6. The van der Waals surface area contributed by atoms with E-state index < -0.39 is 11.5 Å². The Balaban J connectivity index is 1.80. The number of nitrogens with zero attached hydrogens (tertiary/aromatic N) is 5. The summed E-state index contributed by atoms with van der Waals surface area (Å²) >= 11 is 6.71. The Hall–Kier alpha value is -4.24. The van der Waals surface area contributed by atoms with Gasteiger partial charge in [0, 0.05) is 31.2 Å². The number of anilines is 1. The summed E-state index contributed by atoms with van der Waals surface area (Å²) in [6.45, 7) is 8.75. The van der Waals surface area contributed by atoms with Crippen molar-refractivity contribution in [3.63, 3.8) is 0 Å². The summed E-state index contributed by atoms with van der Waals surface area (Å²) in [7, 11) is 0. The molecule has 1 amide bonds. The zero-order chi connectivity index (χ0) is 28.6. The highest BCUT2D eigenvalue weighted by molar-refractivity contribution is 6.33. The van der Waals surface area contributed by atoms with Crippen LogP contribution in [0.2, 0.25) is 5.02 Å². The molecule has 8 nitrogen and oxygen atoms in total. The van der Waals surface area contributed by atoms with Crippen LogP contribution in [-0.4, -0.2) is 56.1 Å². The molecule has 1 aliphatic rings. The third-order valence-electron chi connectivity index (χ3n) is 7.16. The van der Waals surface area contributed by atoms with E-state index in [1.54, 1.807) is 35.2 Å². The number of benzene rings is 2. The Morgan fingerprint density at radius 1 is 1.20 bits per heavy atom. The fourth-order valence-corrected chi connectivity index (χ4v) is 5.53. The van der Waals surface area contributed by atoms with Gasteiger partial charge in [0.25, 0.3) is 0 Å². The average Bonchev–Trinajstić information content (AvgIpc) is 2.94. The first-order valence-electron chi connectivity index (χ1n) is 13.1. The molecule has 0 bridgehead atoms. The van der Waals surface area contributed by atoms with Gasteiger partial charge in [0.15, 0.2) is 5.65 Å². The van der Waals surface area contributed by atoms with Gasteiger partial charge in [-0.1, -0.05) is 55.8 Å². The summed E-state index contributed by atoms with van der Waals surface area (Å²) in [4.78, 5) is 38.9. The molecule has 40 heavy (non-hydrogen) atoms. The third-order valence-corrected chi connectivity index (χ3v) is 7.45. The maximum Gasteiger partial charge on any atom is 0.355 e. The van der Waals surface area contributed by atoms with Gasteiger partial charge in [0.2, 0.25) is 5.91 Å². The number of halogens is 2. The van der Waals surface area contributed by atoms with E-state index in [4.69, 9.17) is 16.6 Å². The minimum Gasteiger partial charge on any atom is -0.506 e. The molecule has 206 valence electrons. The van der Waals surface area contributed by atoms with Crippen molar-refractivity contribution in [3.8, 4) is 22.7 Å². The molecule has 5 rings (SSSR count). The van der Waals surface area contributed by atoms with E-state index in [9.17, 15) is 19.1 Å². The Bertz CT molecular complexity index is 1690. The molecule has 1 aliphatic heterocycles. The summed E-state index contributed by atoms with van der Waals surface area (Å²) in [6.07, 6.45) is 2.66. The van der Waals surface area contributed by atoms with E-state index in [0.29, 0.717) is 37.3 Å². The number of para-hydroxylation sites is 1. The van der Waals surface area contributed by atoms with Crippen molar-refractivity contribution in [1.29, 1.82) is 0 Å². The number of aromatic hydroxyl groups is 1. The quantitative estimate of drug-likeness (QED) is 0.329. The SMILES string of the molecule is C=CC(=O)N1CCN(c2nc(=O)n(-c3c(O)cccc3CCC)c3nc(-c4ccccc4F)c(Cl)cc23)[C@@H](C)C1. The summed E-state index contributed by atoms with van der Waals surface area (Å²) in [5.74, 6) is -0.415. The maximum atomic E-state index is 14.9. The second-order valence-electron chi connectivity index (χ2n) is 9.79. The third kappa shape index (κ3) is 4.81. The first kappa shape index (κ1) is 27.3. The number of piperazine rings is 1. The smallest absolute Gasteiger partial charge is 0.355 e. The topological polar surface area (TPSA) is 91.6 Å². The number of hydrogen-bond donors (Lipinski definition) is 1. The molecular formula is C30H29ClFN5O3. The van der Waals surface area contributed by atoms with Crippen LogP contribution in [0.25, 0.3) is 28.0 Å². The van der Waals surface area contributed by atoms with Gasteiger partial charge in [-0.2, -0.15) is 4.98 Å². The normalized spacial score (nSPS) is 15.4. The van der Waals surface area contributed by atoms with Gasteiger partial charge in [0.05, 0.1) is 21.8 Å². The molecule has 3 heterocycles. The first-order chi connectivity index (χ1) is 19.2. The highest BCUT2D eigenvalue weighted by atomic mass is 35.5. The molecule has 0 unspecified atom stereocenters. The molecule has 1 atom stereocenters. The van der Waals surface area contributed by atoms with Crippen molar-refractivity contribution >= 4 is 34.4 Å². The average molecular weight is 562 g/mol. The molecule has 10 heteroatoms. The zero-order valence-corrected chi connectivity index (χ0v) is 23.0. The molecule has 2 aromatic heterocycles. The highest BCUT2D eigenvalue weighted by Gasteiger charge is 2.30. The van der Waals surface area contributed by atoms with Crippen LogP contribution in [0.1, 0.15) is 25.8 Å². The van der Waals surface area contributed by atoms with Gasteiger partial charge in [-0.3, -0.25) is 4.79 Å². The lowest BCUT2D eigenvalue weighted by Crippen LogP contribution is -2.54. The van der Waals surface area contributed by atoms with Crippen LogP contribution in [0.15, 0.2) is 66.0 Å². The fourth-order valence-electron chi connectivity index (χ4n) is 5.28. The van der Waals surface area contributed by atoms with Crippen LogP contribution in [-0.2, 0) is 11.2 Å². The lowest BCUT2D eigenvalue weighted by atomic mass is 10.1. The van der Waals surface area contributed by atoms with Crippen LogP contribution in [0.3, 0.4) is 0 Å². The minimum absolute atomic E-state index is 0.0991. The molecule has 4 aromatic rings. The first-order valence-corrected chi connectivity index (χ1v) is 13.5. The van der Waals surface area contributed by atoms with Crippen LogP contribution >= 0.6 is 11.6 Å². The van der Waals surface area contributed by atoms with E-state index in [1.165, 1.54) is 22.8 Å². The molecule has 0 radical (unpaired) electrons. The summed E-state index contributed by atoms with van der Waals surface area (Å²) in [6, 6.07) is 12.7. The Morgan fingerprint density at radius 3 is 2.67 bits per heavy atom. The number of aromatic nitrogens is 3. The maximum absolute atomic E-state index is 14.9. The van der Waals surface area contributed by atoms with Crippen molar-refractivity contribution in [2.24, 2.45) is 0 Å². The number of amides is 1. The Morgan fingerprint density at radius 2 is 1.98 bits per heavy atom. The number of carbonyl (C=O) groups is 1. The van der Waals surface area contributed by atoms with Crippen molar-refractivity contribution in [3.05, 3.63) is 88.1 Å². The number of aryl methyl sites for hydroxylation is 1. The molecule has 1 N–H and O–H groups in total. The Kier molecular flexibility index (Phi) is 7.58. The number of phenols is 1. The molecule has 0 spiro atoms. The van der Waals surface area contributed by atoms with Gasteiger partial charge in [-0.25, -0.2) is 18.7 Å². The predicted molar refractivity (Wildman–Crippen MR) is 155 cm³/mol. The highest BCUT2D eigenvalue weighted by Crippen LogP contribution is 2.36. The molecule has 0 aliphatic carbocycles. The van der Waals surface area contributed by atoms with Crippen molar-refractivity contribution < 1.29 is 14.3 Å². The van der Waals surface area contributed by atoms with E-state index >= 15 is 0 Å². The predicted octanol–water partition coefficient (Wildman–Crippen LogP) is 5.12. The standard InChI is InChI=1S/C30H29ClFN5O3/c1-4-9-19-10-8-13-24(38)27(19)37-29-21(16-22(31)26(33-29)20-11-6-7-12-23(20)32)28(34-30(37)40)36-15-14-35(17-18(36)3)25(39)5-2/h5-8,10-13,16,18,38H,2,4,9,14-15,17H2,1,3H3/t18-/m0/s1. The molecule has 0 saturated carbocycles. The van der Waals surface area contributed by atoms with Crippen molar-refractivity contribution in [2.75, 3.05) is 24.5 Å². The number of rotatable bonds is 6. The van der Waals surface area contributed by atoms with E-state index in [-0.39, 0.29) is 45.3 Å².